The molecule has 0 saturated carbocycles. The van der Waals surface area contributed by atoms with Crippen molar-refractivity contribution in [3.63, 3.8) is 0 Å². The highest BCUT2D eigenvalue weighted by Gasteiger charge is 2.22. The Morgan fingerprint density at radius 2 is 1.75 bits per heavy atom. The summed E-state index contributed by atoms with van der Waals surface area (Å²) in [5.74, 6) is -0.0511. The lowest BCUT2D eigenvalue weighted by Gasteiger charge is -2.12. The number of benzene rings is 2. The zero-order valence-electron chi connectivity index (χ0n) is 14.3. The van der Waals surface area contributed by atoms with Gasteiger partial charge in [0.1, 0.15) is 0 Å². The van der Waals surface area contributed by atoms with Crippen LogP contribution in [-0.2, 0) is 0 Å². The van der Waals surface area contributed by atoms with Gasteiger partial charge in [-0.15, -0.1) is 0 Å². The van der Waals surface area contributed by atoms with Gasteiger partial charge in [0.25, 0.3) is 5.19 Å². The molecule has 0 radical (unpaired) electrons. The Morgan fingerprint density at radius 1 is 1.12 bits per heavy atom. The van der Waals surface area contributed by atoms with Gasteiger partial charge >= 0.3 is 0 Å². The molecule has 5 heteroatoms. The van der Waals surface area contributed by atoms with Crippen molar-refractivity contribution in [1.82, 2.24) is 4.98 Å². The smallest absolute Gasteiger partial charge is 0.274 e. The molecule has 2 aromatic carbocycles. The Balaban J connectivity index is 2.28. The summed E-state index contributed by atoms with van der Waals surface area (Å²) in [7, 11) is 1.57. The third-order valence-corrected chi connectivity index (χ3v) is 5.68. The van der Waals surface area contributed by atoms with Gasteiger partial charge in [-0.25, -0.2) is 4.98 Å². The number of aromatic nitrogens is 1. The number of halogens is 1. The maximum atomic E-state index is 13.2. The van der Waals surface area contributed by atoms with Crippen molar-refractivity contribution in [3.05, 3.63) is 56.6 Å². The largest absolute Gasteiger partial charge is 0.473 e. The monoisotopic (exact) mass is 359 g/mol. The third kappa shape index (κ3) is 2.70. The highest BCUT2D eigenvalue weighted by molar-refractivity contribution is 7.20. The first-order chi connectivity index (χ1) is 11.3. The minimum atomic E-state index is -0.0511. The number of carbonyl (C=O) groups excluding carboxylic acids is 1. The highest BCUT2D eigenvalue weighted by Crippen LogP contribution is 2.37. The predicted molar refractivity (Wildman–Crippen MR) is 100 cm³/mol. The van der Waals surface area contributed by atoms with Crippen LogP contribution in [-0.4, -0.2) is 17.9 Å². The molecular weight excluding hydrogens is 342 g/mol. The second kappa shape index (κ2) is 6.19. The number of hydrogen-bond donors (Lipinski definition) is 0. The van der Waals surface area contributed by atoms with E-state index in [4.69, 9.17) is 16.3 Å². The third-order valence-electron chi connectivity index (χ3n) is 4.16. The van der Waals surface area contributed by atoms with Crippen LogP contribution >= 0.6 is 22.9 Å². The molecule has 0 fully saturated rings. The summed E-state index contributed by atoms with van der Waals surface area (Å²) >= 11 is 7.77. The second-order valence-corrected chi connectivity index (χ2v) is 7.36. The van der Waals surface area contributed by atoms with Crippen molar-refractivity contribution < 1.29 is 9.53 Å². The van der Waals surface area contributed by atoms with Gasteiger partial charge in [0, 0.05) is 10.6 Å². The maximum absolute atomic E-state index is 13.2. The molecule has 0 bridgehead atoms. The normalized spacial score (nSPS) is 11.1. The molecule has 1 aromatic heterocycles. The maximum Gasteiger partial charge on any atom is 0.274 e. The molecular formula is C19H18ClNO2S. The molecule has 0 amide bonds. The molecule has 3 nitrogen and oxygen atoms in total. The number of nitrogens with zero attached hydrogens (tertiary/aromatic N) is 1. The molecule has 0 aliphatic heterocycles. The Hall–Kier alpha value is -1.91. The molecule has 0 N–H and O–H groups in total. The number of ether oxygens (including phenoxy) is 1. The van der Waals surface area contributed by atoms with Gasteiger partial charge in [0.05, 0.1) is 22.9 Å². The number of carbonyl (C=O) groups is 1. The number of hydrogen-bond acceptors (Lipinski definition) is 4. The van der Waals surface area contributed by atoms with E-state index in [9.17, 15) is 4.79 Å². The van der Waals surface area contributed by atoms with Crippen molar-refractivity contribution in [2.24, 2.45) is 0 Å². The summed E-state index contributed by atoms with van der Waals surface area (Å²) in [5.41, 5.74) is 5.88. The van der Waals surface area contributed by atoms with Crippen LogP contribution < -0.4 is 4.74 Å². The van der Waals surface area contributed by atoms with Crippen LogP contribution in [0.15, 0.2) is 18.2 Å². The summed E-state index contributed by atoms with van der Waals surface area (Å²) in [6.07, 6.45) is 0. The van der Waals surface area contributed by atoms with Crippen LogP contribution in [0.4, 0.5) is 0 Å². The summed E-state index contributed by atoms with van der Waals surface area (Å²) in [6.45, 7) is 7.88. The first kappa shape index (κ1) is 16.9. The summed E-state index contributed by atoms with van der Waals surface area (Å²) in [4.78, 5) is 17.7. The van der Waals surface area contributed by atoms with E-state index in [0.29, 0.717) is 26.9 Å². The van der Waals surface area contributed by atoms with Gasteiger partial charge in [0.15, 0.2) is 5.78 Å². The van der Waals surface area contributed by atoms with Crippen molar-refractivity contribution in [1.29, 1.82) is 0 Å². The van der Waals surface area contributed by atoms with E-state index in [1.165, 1.54) is 11.3 Å². The Morgan fingerprint density at radius 3 is 2.33 bits per heavy atom. The standard InChI is InChI=1S/C19H18ClNO2S/c1-9-6-10(2)15(11(3)7-9)17(22)13-8-14(20)12(4)18-16(13)21-19(23-5)24-18/h6-8H,1-5H3. The quantitative estimate of drug-likeness (QED) is 0.586. The first-order valence-corrected chi connectivity index (χ1v) is 8.79. The fourth-order valence-corrected chi connectivity index (χ4v) is 4.25. The van der Waals surface area contributed by atoms with Gasteiger partial charge in [-0.05, 0) is 50.5 Å². The van der Waals surface area contributed by atoms with Gasteiger partial charge in [-0.3, -0.25) is 4.79 Å². The Bertz CT molecular complexity index is 952. The molecule has 0 spiro atoms. The molecule has 0 aliphatic rings. The number of aryl methyl sites for hydroxylation is 4. The van der Waals surface area contributed by atoms with E-state index < -0.39 is 0 Å². The number of methoxy groups -OCH3 is 1. The lowest BCUT2D eigenvalue weighted by Crippen LogP contribution is -2.08. The first-order valence-electron chi connectivity index (χ1n) is 7.59. The SMILES string of the molecule is COc1nc2c(C(=O)c3c(C)cc(C)cc3C)cc(Cl)c(C)c2s1. The van der Waals surface area contributed by atoms with E-state index in [-0.39, 0.29) is 5.78 Å². The van der Waals surface area contributed by atoms with E-state index in [1.807, 2.05) is 39.8 Å². The lowest BCUT2D eigenvalue weighted by atomic mass is 9.92. The van der Waals surface area contributed by atoms with Crippen LogP contribution in [0.5, 0.6) is 5.19 Å². The van der Waals surface area contributed by atoms with Crippen molar-refractivity contribution >= 4 is 38.9 Å². The van der Waals surface area contributed by atoms with Crippen LogP contribution in [0.2, 0.25) is 5.02 Å². The predicted octanol–water partition coefficient (Wildman–Crippen LogP) is 5.42. The van der Waals surface area contributed by atoms with Crippen molar-refractivity contribution in [3.8, 4) is 5.19 Å². The van der Waals surface area contributed by atoms with E-state index in [1.54, 1.807) is 13.2 Å². The molecule has 0 atom stereocenters. The van der Waals surface area contributed by atoms with Gasteiger partial charge in [-0.1, -0.05) is 40.6 Å². The molecule has 124 valence electrons. The van der Waals surface area contributed by atoms with E-state index >= 15 is 0 Å². The average molecular weight is 360 g/mol. The Labute approximate surface area is 150 Å². The van der Waals surface area contributed by atoms with E-state index in [2.05, 4.69) is 4.98 Å². The second-order valence-electron chi connectivity index (χ2n) is 6.00. The number of ketones is 1. The molecule has 3 rings (SSSR count). The molecule has 0 unspecified atom stereocenters. The van der Waals surface area contributed by atoms with Crippen LogP contribution in [0.3, 0.4) is 0 Å². The molecule has 0 aliphatic carbocycles. The van der Waals surface area contributed by atoms with Gasteiger partial charge in [-0.2, -0.15) is 0 Å². The van der Waals surface area contributed by atoms with Gasteiger partial charge < -0.3 is 4.74 Å². The fourth-order valence-electron chi connectivity index (χ4n) is 3.08. The van der Waals surface area contributed by atoms with E-state index in [0.717, 1.165) is 27.0 Å². The van der Waals surface area contributed by atoms with Crippen molar-refractivity contribution in [2.75, 3.05) is 7.11 Å². The van der Waals surface area contributed by atoms with Crippen LogP contribution in [0.1, 0.15) is 38.2 Å². The average Bonchev–Trinajstić information content (AvgIpc) is 2.94. The molecule has 3 aromatic rings. The number of rotatable bonds is 3. The van der Waals surface area contributed by atoms with Crippen LogP contribution in [0, 0.1) is 27.7 Å². The van der Waals surface area contributed by atoms with Crippen molar-refractivity contribution in [2.45, 2.75) is 27.7 Å². The van der Waals surface area contributed by atoms with Gasteiger partial charge in [0.2, 0.25) is 0 Å². The zero-order chi connectivity index (χ0) is 17.6. The summed E-state index contributed by atoms with van der Waals surface area (Å²) in [6, 6.07) is 5.77. The summed E-state index contributed by atoms with van der Waals surface area (Å²) < 4.78 is 6.14. The lowest BCUT2D eigenvalue weighted by molar-refractivity contribution is 0.103. The Kier molecular flexibility index (Phi) is 4.37. The molecule has 24 heavy (non-hydrogen) atoms. The molecule has 0 saturated heterocycles. The topological polar surface area (TPSA) is 39.2 Å². The number of thiazole rings is 1. The highest BCUT2D eigenvalue weighted by atomic mass is 35.5. The summed E-state index contributed by atoms with van der Waals surface area (Å²) in [5, 5.41) is 1.10. The number of fused-ring (bicyclic) bond motifs is 1. The zero-order valence-corrected chi connectivity index (χ0v) is 15.9. The molecule has 1 heterocycles. The fraction of sp³-hybridized carbons (Fsp3) is 0.263. The minimum Gasteiger partial charge on any atom is -0.473 e. The van der Waals surface area contributed by atoms with Crippen LogP contribution in [0.25, 0.3) is 10.2 Å². The minimum absolute atomic E-state index is 0.0511.